The van der Waals surface area contributed by atoms with Crippen LogP contribution in [0.2, 0.25) is 0 Å². The number of hydrogen-bond donors (Lipinski definition) is 1. The zero-order valence-electron chi connectivity index (χ0n) is 13.5. The number of aromatic nitrogens is 2. The van der Waals surface area contributed by atoms with Crippen LogP contribution in [-0.4, -0.2) is 54.2 Å². The molecule has 1 amide bonds. The van der Waals surface area contributed by atoms with Crippen molar-refractivity contribution in [3.05, 3.63) is 47.7 Å². The first-order valence-corrected chi connectivity index (χ1v) is 7.77. The van der Waals surface area contributed by atoms with Crippen LogP contribution in [0.5, 0.6) is 0 Å². The smallest absolute Gasteiger partial charge is 0.276 e. The lowest BCUT2D eigenvalue weighted by atomic mass is 10.2. The minimum Gasteiger partial charge on any atom is -0.353 e. The fraction of sp³-hybridized carbons (Fsp3) is 0.353. The van der Waals surface area contributed by atoms with Gasteiger partial charge in [-0.1, -0.05) is 12.1 Å². The Labute approximate surface area is 136 Å². The lowest BCUT2D eigenvalue weighted by molar-refractivity contribution is 0.102. The summed E-state index contributed by atoms with van der Waals surface area (Å²) in [6, 6.07) is 11.3. The quantitative estimate of drug-likeness (QED) is 0.936. The first-order chi connectivity index (χ1) is 11.1. The molecule has 0 atom stereocenters. The fourth-order valence-electron chi connectivity index (χ4n) is 2.57. The van der Waals surface area contributed by atoms with E-state index in [2.05, 4.69) is 32.4 Å². The van der Waals surface area contributed by atoms with Crippen molar-refractivity contribution < 1.29 is 4.79 Å². The number of nitrogens with one attached hydrogen (secondary N) is 1. The van der Waals surface area contributed by atoms with Crippen molar-refractivity contribution in [1.29, 1.82) is 0 Å². The standard InChI is InChI=1S/C17H21N5O/c1-13-4-3-5-14(12-13)18-17(23)15-6-7-16(20-19-15)22-10-8-21(2)9-11-22/h3-7,12H,8-11H2,1-2H3,(H,18,23). The molecule has 1 saturated heterocycles. The lowest BCUT2D eigenvalue weighted by Gasteiger charge is -2.32. The summed E-state index contributed by atoms with van der Waals surface area (Å²) in [4.78, 5) is 16.7. The summed E-state index contributed by atoms with van der Waals surface area (Å²) in [5.74, 6) is 0.582. The highest BCUT2D eigenvalue weighted by Crippen LogP contribution is 2.14. The largest absolute Gasteiger partial charge is 0.353 e. The number of aryl methyl sites for hydroxylation is 1. The Hall–Kier alpha value is -2.47. The monoisotopic (exact) mass is 311 g/mol. The first kappa shape index (κ1) is 15.4. The Morgan fingerprint density at radius 3 is 2.52 bits per heavy atom. The number of likely N-dealkylation sites (N-methyl/N-ethyl adjacent to an activating group) is 1. The number of rotatable bonds is 3. The van der Waals surface area contributed by atoms with Crippen LogP contribution in [0, 0.1) is 6.92 Å². The van der Waals surface area contributed by atoms with Gasteiger partial charge < -0.3 is 15.1 Å². The van der Waals surface area contributed by atoms with Crippen molar-refractivity contribution in [2.75, 3.05) is 43.4 Å². The molecule has 0 bridgehead atoms. The third kappa shape index (κ3) is 3.84. The van der Waals surface area contributed by atoms with Crippen LogP contribution in [0.3, 0.4) is 0 Å². The van der Waals surface area contributed by atoms with Gasteiger partial charge >= 0.3 is 0 Å². The van der Waals surface area contributed by atoms with Crippen molar-refractivity contribution >= 4 is 17.4 Å². The zero-order chi connectivity index (χ0) is 16.2. The van der Waals surface area contributed by atoms with Gasteiger partial charge in [0.15, 0.2) is 11.5 Å². The number of nitrogens with zero attached hydrogens (tertiary/aromatic N) is 4. The van der Waals surface area contributed by atoms with Crippen LogP contribution in [0.15, 0.2) is 36.4 Å². The summed E-state index contributed by atoms with van der Waals surface area (Å²) in [6.07, 6.45) is 0. The number of amides is 1. The molecular formula is C17H21N5O. The third-order valence-corrected chi connectivity index (χ3v) is 3.99. The van der Waals surface area contributed by atoms with E-state index >= 15 is 0 Å². The lowest BCUT2D eigenvalue weighted by Crippen LogP contribution is -2.44. The van der Waals surface area contributed by atoms with Crippen LogP contribution >= 0.6 is 0 Å². The Morgan fingerprint density at radius 2 is 1.87 bits per heavy atom. The van der Waals surface area contributed by atoms with Gasteiger partial charge in [-0.25, -0.2) is 0 Å². The van der Waals surface area contributed by atoms with Crippen molar-refractivity contribution in [3.63, 3.8) is 0 Å². The molecule has 6 nitrogen and oxygen atoms in total. The van der Waals surface area contributed by atoms with Gasteiger partial charge in [0, 0.05) is 31.9 Å². The van der Waals surface area contributed by atoms with Gasteiger partial charge in [0.1, 0.15) is 0 Å². The second-order valence-electron chi connectivity index (χ2n) is 5.89. The molecule has 0 aliphatic carbocycles. The number of benzene rings is 1. The number of carbonyl (C=O) groups is 1. The van der Waals surface area contributed by atoms with Gasteiger partial charge in [0.25, 0.3) is 5.91 Å². The first-order valence-electron chi connectivity index (χ1n) is 7.77. The maximum absolute atomic E-state index is 12.2. The second-order valence-corrected chi connectivity index (χ2v) is 5.89. The minimum atomic E-state index is -0.243. The molecule has 3 rings (SSSR count). The Balaban J connectivity index is 1.65. The predicted molar refractivity (Wildman–Crippen MR) is 90.9 cm³/mol. The molecule has 1 aromatic carbocycles. The summed E-state index contributed by atoms with van der Waals surface area (Å²) in [5, 5.41) is 11.1. The predicted octanol–water partition coefficient (Wildman–Crippen LogP) is 1.79. The van der Waals surface area contributed by atoms with E-state index in [0.29, 0.717) is 5.69 Å². The number of carbonyl (C=O) groups excluding carboxylic acids is 1. The maximum Gasteiger partial charge on any atom is 0.276 e. The third-order valence-electron chi connectivity index (χ3n) is 3.99. The normalized spacial score (nSPS) is 15.5. The topological polar surface area (TPSA) is 61.4 Å². The van der Waals surface area contributed by atoms with Gasteiger partial charge in [-0.2, -0.15) is 0 Å². The molecule has 1 aliphatic rings. The van der Waals surface area contributed by atoms with Crippen molar-refractivity contribution in [3.8, 4) is 0 Å². The van der Waals surface area contributed by atoms with Crippen LogP contribution in [0.25, 0.3) is 0 Å². The molecule has 2 aromatic rings. The van der Waals surface area contributed by atoms with Gasteiger partial charge in [0.2, 0.25) is 0 Å². The second kappa shape index (κ2) is 6.75. The zero-order valence-corrected chi connectivity index (χ0v) is 13.5. The Kier molecular flexibility index (Phi) is 4.52. The van der Waals surface area contributed by atoms with E-state index in [0.717, 1.165) is 43.2 Å². The van der Waals surface area contributed by atoms with Crippen molar-refractivity contribution in [1.82, 2.24) is 15.1 Å². The number of anilines is 2. The van der Waals surface area contributed by atoms with Gasteiger partial charge in [0.05, 0.1) is 0 Å². The molecule has 0 spiro atoms. The molecule has 0 saturated carbocycles. The molecule has 120 valence electrons. The van der Waals surface area contributed by atoms with Crippen molar-refractivity contribution in [2.24, 2.45) is 0 Å². The Morgan fingerprint density at radius 1 is 1.09 bits per heavy atom. The maximum atomic E-state index is 12.2. The van der Waals surface area contributed by atoms with E-state index in [1.807, 2.05) is 37.3 Å². The van der Waals surface area contributed by atoms with Gasteiger partial charge in [-0.15, -0.1) is 10.2 Å². The van der Waals surface area contributed by atoms with E-state index in [9.17, 15) is 4.79 Å². The summed E-state index contributed by atoms with van der Waals surface area (Å²) >= 11 is 0. The van der Waals surface area contributed by atoms with Crippen LogP contribution in [0.1, 0.15) is 16.1 Å². The van der Waals surface area contributed by atoms with Crippen LogP contribution < -0.4 is 10.2 Å². The highest BCUT2D eigenvalue weighted by atomic mass is 16.1. The molecule has 2 heterocycles. The molecule has 1 aromatic heterocycles. The summed E-state index contributed by atoms with van der Waals surface area (Å²) < 4.78 is 0. The molecule has 1 N–H and O–H groups in total. The molecular weight excluding hydrogens is 290 g/mol. The van der Waals surface area contributed by atoms with Crippen LogP contribution in [-0.2, 0) is 0 Å². The molecule has 23 heavy (non-hydrogen) atoms. The van der Waals surface area contributed by atoms with E-state index in [-0.39, 0.29) is 5.91 Å². The molecule has 6 heteroatoms. The van der Waals surface area contributed by atoms with E-state index in [1.54, 1.807) is 6.07 Å². The van der Waals surface area contributed by atoms with Crippen molar-refractivity contribution in [2.45, 2.75) is 6.92 Å². The number of hydrogen-bond acceptors (Lipinski definition) is 5. The summed E-state index contributed by atoms with van der Waals surface area (Å²) in [5.41, 5.74) is 2.18. The van der Waals surface area contributed by atoms with E-state index in [1.165, 1.54) is 0 Å². The molecule has 1 aliphatic heterocycles. The minimum absolute atomic E-state index is 0.243. The van der Waals surface area contributed by atoms with Gasteiger partial charge in [-0.3, -0.25) is 4.79 Å². The van der Waals surface area contributed by atoms with E-state index in [4.69, 9.17) is 0 Å². The SMILES string of the molecule is Cc1cccc(NC(=O)c2ccc(N3CCN(C)CC3)nn2)c1. The van der Waals surface area contributed by atoms with Gasteiger partial charge in [-0.05, 0) is 43.8 Å². The Bertz CT molecular complexity index is 678. The average molecular weight is 311 g/mol. The molecule has 0 unspecified atom stereocenters. The van der Waals surface area contributed by atoms with E-state index < -0.39 is 0 Å². The molecule has 1 fully saturated rings. The summed E-state index contributed by atoms with van der Waals surface area (Å²) in [6.45, 7) is 5.87. The number of piperazine rings is 1. The molecule has 0 radical (unpaired) electrons. The average Bonchev–Trinajstić information content (AvgIpc) is 2.56. The fourth-order valence-corrected chi connectivity index (χ4v) is 2.57. The highest BCUT2D eigenvalue weighted by Gasteiger charge is 2.16. The highest BCUT2D eigenvalue weighted by molar-refractivity contribution is 6.02. The van der Waals surface area contributed by atoms with Crippen LogP contribution in [0.4, 0.5) is 11.5 Å². The summed E-state index contributed by atoms with van der Waals surface area (Å²) in [7, 11) is 2.11.